The number of carbonyl (C=O) groups is 2. The smallest absolute Gasteiger partial charge is 0.492 e. The molecule has 0 bridgehead atoms. The molecule has 45 heavy (non-hydrogen) atoms. The summed E-state index contributed by atoms with van der Waals surface area (Å²) in [7, 11) is 0. The normalized spacial score (nSPS) is 29.7. The van der Waals surface area contributed by atoms with Gasteiger partial charge in [0.1, 0.15) is 11.9 Å². The van der Waals surface area contributed by atoms with Gasteiger partial charge in [-0.1, -0.05) is 26.0 Å². The van der Waals surface area contributed by atoms with Gasteiger partial charge < -0.3 is 50.8 Å². The number of nitrogens with zero attached hydrogens (tertiary/aromatic N) is 1. The maximum absolute atomic E-state index is 13.6. The highest BCUT2D eigenvalue weighted by atomic mass is 19.3. The van der Waals surface area contributed by atoms with Gasteiger partial charge in [-0.3, -0.25) is 20.4 Å². The van der Waals surface area contributed by atoms with Crippen molar-refractivity contribution in [1.82, 2.24) is 31.5 Å². The van der Waals surface area contributed by atoms with E-state index in [1.54, 1.807) is 17.0 Å². The lowest BCUT2D eigenvalue weighted by molar-refractivity contribution is -0.286. The van der Waals surface area contributed by atoms with Crippen molar-refractivity contribution in [3.05, 3.63) is 53.1 Å². The summed E-state index contributed by atoms with van der Waals surface area (Å²) < 4.78 is 41.5. The Morgan fingerprint density at radius 3 is 2.69 bits per heavy atom. The highest BCUT2D eigenvalue weighted by molar-refractivity contribution is 5.98. The molecule has 7 rings (SSSR count). The molecule has 16 heteroatoms. The lowest BCUT2D eigenvalue weighted by atomic mass is 9.79. The van der Waals surface area contributed by atoms with E-state index in [-0.39, 0.29) is 47.5 Å². The molecule has 5 aliphatic rings. The number of halogens is 2. The maximum Gasteiger partial charge on any atom is 0.586 e. The molecule has 0 saturated carbocycles. The monoisotopic (exact) mass is 626 g/mol. The van der Waals surface area contributed by atoms with Crippen LogP contribution in [0.1, 0.15) is 46.5 Å². The first-order valence-electron chi connectivity index (χ1n) is 14.5. The zero-order valence-electron chi connectivity index (χ0n) is 24.3. The number of aliphatic hydroxyl groups excluding tert-OH is 1. The van der Waals surface area contributed by atoms with Crippen LogP contribution in [0.25, 0.3) is 0 Å². The van der Waals surface area contributed by atoms with Crippen LogP contribution in [0.2, 0.25) is 0 Å². The maximum atomic E-state index is 13.6. The topological polar surface area (TPSA) is 193 Å². The molecule has 2 aromatic rings. The Balaban J connectivity index is 1.08. The van der Waals surface area contributed by atoms with E-state index in [1.807, 2.05) is 6.07 Å². The molecule has 3 fully saturated rings. The Morgan fingerprint density at radius 2 is 1.89 bits per heavy atom. The van der Waals surface area contributed by atoms with E-state index in [1.165, 1.54) is 12.1 Å². The van der Waals surface area contributed by atoms with Crippen molar-refractivity contribution in [2.24, 2.45) is 0 Å². The van der Waals surface area contributed by atoms with Crippen molar-refractivity contribution < 1.29 is 37.7 Å². The van der Waals surface area contributed by atoms with Crippen LogP contribution in [0.5, 0.6) is 17.2 Å². The van der Waals surface area contributed by atoms with Crippen LogP contribution in [0.3, 0.4) is 0 Å². The fourth-order valence-corrected chi connectivity index (χ4v) is 6.89. The Labute approximate surface area is 255 Å². The molecule has 3 saturated heterocycles. The number of hydrogen-bond donors (Lipinski definition) is 8. The summed E-state index contributed by atoms with van der Waals surface area (Å²) in [4.78, 5) is 28.1. The Bertz CT molecular complexity index is 1640. The summed E-state index contributed by atoms with van der Waals surface area (Å²) in [5.74, 6) is -1.18. The van der Waals surface area contributed by atoms with Gasteiger partial charge in [0.15, 0.2) is 29.1 Å². The number of hydrogen-bond acceptors (Lipinski definition) is 8. The van der Waals surface area contributed by atoms with Crippen molar-refractivity contribution in [3.8, 4) is 17.2 Å². The van der Waals surface area contributed by atoms with E-state index in [4.69, 9.17) is 15.6 Å². The Kier molecular flexibility index (Phi) is 6.30. The van der Waals surface area contributed by atoms with Crippen LogP contribution in [-0.4, -0.2) is 89.6 Å². The number of nitrogens with one attached hydrogen (secondary N) is 7. The predicted molar refractivity (Wildman–Crippen MR) is 154 cm³/mol. The van der Waals surface area contributed by atoms with Crippen molar-refractivity contribution in [3.63, 3.8) is 0 Å². The van der Waals surface area contributed by atoms with Gasteiger partial charge in [-0.05, 0) is 36.1 Å². The molecule has 0 aromatic heterocycles. The van der Waals surface area contributed by atoms with E-state index in [0.717, 1.165) is 18.1 Å². The Hall–Kier alpha value is -4.86. The largest absolute Gasteiger partial charge is 0.586 e. The van der Waals surface area contributed by atoms with Gasteiger partial charge in [0.05, 0.1) is 30.3 Å². The fourth-order valence-electron chi connectivity index (χ4n) is 6.89. The van der Waals surface area contributed by atoms with E-state index < -0.39 is 48.0 Å². The molecule has 3 unspecified atom stereocenters. The summed E-state index contributed by atoms with van der Waals surface area (Å²) in [5.41, 5.74) is -0.258. The summed E-state index contributed by atoms with van der Waals surface area (Å²) in [6.45, 7) is 4.64. The van der Waals surface area contributed by atoms with Gasteiger partial charge in [-0.2, -0.15) is 0 Å². The zero-order chi connectivity index (χ0) is 31.9. The van der Waals surface area contributed by atoms with Crippen LogP contribution in [-0.2, 0) is 5.41 Å². The summed E-state index contributed by atoms with van der Waals surface area (Å²) in [6.07, 6.45) is -4.29. The minimum Gasteiger partial charge on any atom is -0.492 e. The predicted octanol–water partition coefficient (Wildman–Crippen LogP) is 0.372. The summed E-state index contributed by atoms with van der Waals surface area (Å²) >= 11 is 0. The molecule has 2 aromatic carbocycles. The number of rotatable bonds is 5. The Morgan fingerprint density at radius 1 is 1.11 bits per heavy atom. The molecule has 5 aliphatic heterocycles. The zero-order valence-corrected chi connectivity index (χ0v) is 24.3. The number of amides is 2. The lowest BCUT2D eigenvalue weighted by Gasteiger charge is -2.49. The number of fused-ring (bicyclic) bond motifs is 2. The molecule has 2 amide bonds. The third-order valence-electron chi connectivity index (χ3n) is 9.18. The summed E-state index contributed by atoms with van der Waals surface area (Å²) in [6, 6.07) is 6.79. The molecule has 8 N–H and O–H groups in total. The highest BCUT2D eigenvalue weighted by Crippen LogP contribution is 2.42. The van der Waals surface area contributed by atoms with Gasteiger partial charge >= 0.3 is 6.29 Å². The molecule has 5 atom stereocenters. The third kappa shape index (κ3) is 4.53. The number of ether oxygens (including phenoxy) is 3. The van der Waals surface area contributed by atoms with Gasteiger partial charge in [-0.15, -0.1) is 8.78 Å². The number of carbonyl (C=O) groups excluding carboxylic acids is 2. The van der Waals surface area contributed by atoms with Crippen molar-refractivity contribution >= 4 is 23.7 Å². The number of benzene rings is 2. The molecular formula is C29H32F2N8O6. The van der Waals surface area contributed by atoms with E-state index >= 15 is 0 Å². The average molecular weight is 627 g/mol. The number of alkyl halides is 2. The van der Waals surface area contributed by atoms with Crippen molar-refractivity contribution in [2.45, 2.75) is 61.9 Å². The highest BCUT2D eigenvalue weighted by Gasteiger charge is 2.66. The molecule has 1 spiro atoms. The first-order chi connectivity index (χ1) is 21.3. The molecule has 14 nitrogen and oxygen atoms in total. The molecular weight excluding hydrogens is 594 g/mol. The van der Waals surface area contributed by atoms with E-state index in [9.17, 15) is 23.5 Å². The molecule has 238 valence electrons. The second-order valence-corrected chi connectivity index (χ2v) is 12.4. The number of aliphatic hydroxyl groups is 1. The van der Waals surface area contributed by atoms with Crippen LogP contribution >= 0.6 is 0 Å². The third-order valence-corrected chi connectivity index (χ3v) is 9.18. The van der Waals surface area contributed by atoms with Crippen LogP contribution in [0.4, 0.5) is 8.78 Å². The standard InChI is InChI=1S/C29H32F2N8O6/c1-27(2)8-9-43-20-14(4-3-5-15(20)27)24(42)35-17-12-39-26(33)36-16(21-28(39,22(17)40)38-25(32)37-21)11-34-23(41)13-6-7-18-19(10-13)45-29(30,31)44-18/h3-7,10,16-17,21-22,40H,8-9,11-12H2,1-2H3,(H2,33,36)(H,34,41)(H,35,42)(H3,32,37,38)/t16-,17?,21?,22+,28?/m0/s1. The first kappa shape index (κ1) is 28.9. The molecule has 5 heterocycles. The van der Waals surface area contributed by atoms with E-state index in [0.29, 0.717) is 17.9 Å². The second kappa shape index (κ2) is 9.82. The van der Waals surface area contributed by atoms with E-state index in [2.05, 4.69) is 49.9 Å². The number of para-hydroxylation sites is 1. The number of guanidine groups is 2. The lowest BCUT2D eigenvalue weighted by Crippen LogP contribution is -2.78. The van der Waals surface area contributed by atoms with Crippen LogP contribution < -0.4 is 40.8 Å². The van der Waals surface area contributed by atoms with Gasteiger partial charge in [0.25, 0.3) is 11.8 Å². The van der Waals surface area contributed by atoms with Gasteiger partial charge in [0, 0.05) is 24.2 Å². The van der Waals surface area contributed by atoms with Gasteiger partial charge in [-0.25, -0.2) is 0 Å². The average Bonchev–Trinajstić information content (AvgIpc) is 3.59. The van der Waals surface area contributed by atoms with Crippen molar-refractivity contribution in [1.29, 1.82) is 10.8 Å². The van der Waals surface area contributed by atoms with Crippen molar-refractivity contribution in [2.75, 3.05) is 19.7 Å². The SMILES string of the molecule is CC1(C)CCOc2c(C(=O)NC3CN4C(=N)N[C@@H](CNC(=O)c5ccc6c(c5)OC(F)(F)O6)C5NC(=N)NC54[C@@H]3O)cccc21. The minimum absolute atomic E-state index is 0.0432. The minimum atomic E-state index is -3.82. The quantitative estimate of drug-likeness (QED) is 0.230. The van der Waals surface area contributed by atoms with Crippen LogP contribution in [0.15, 0.2) is 36.4 Å². The second-order valence-electron chi connectivity index (χ2n) is 12.4. The first-order valence-corrected chi connectivity index (χ1v) is 14.5. The molecule has 0 aliphatic carbocycles. The fraction of sp³-hybridized carbons (Fsp3) is 0.448. The molecule has 0 radical (unpaired) electrons. The van der Waals surface area contributed by atoms with Crippen LogP contribution in [0, 0.1) is 10.8 Å². The van der Waals surface area contributed by atoms with Gasteiger partial charge in [0.2, 0.25) is 0 Å². The summed E-state index contributed by atoms with van der Waals surface area (Å²) in [5, 5.41) is 43.4.